The first kappa shape index (κ1) is 13.9. The molecule has 3 rings (SSSR count). The second-order valence-electron chi connectivity index (χ2n) is 4.82. The lowest BCUT2D eigenvalue weighted by Crippen LogP contribution is -2.28. The van der Waals surface area contributed by atoms with Gasteiger partial charge in [0.2, 0.25) is 5.95 Å². The first-order chi connectivity index (χ1) is 10.0. The highest BCUT2D eigenvalue weighted by atomic mass is 19.1. The summed E-state index contributed by atoms with van der Waals surface area (Å²) in [6.07, 6.45) is -3.38. The van der Waals surface area contributed by atoms with Gasteiger partial charge in [0.25, 0.3) is 0 Å². The van der Waals surface area contributed by atoms with E-state index in [1.54, 1.807) is 0 Å². The molecule has 6 N–H and O–H groups in total. The summed E-state index contributed by atoms with van der Waals surface area (Å²) in [5.41, 5.74) is 11.7. The smallest absolute Gasteiger partial charge is 0.240 e. The number of imidazole rings is 1. The molecule has 0 bridgehead atoms. The van der Waals surface area contributed by atoms with Crippen molar-refractivity contribution in [2.45, 2.75) is 30.9 Å². The van der Waals surface area contributed by atoms with E-state index < -0.39 is 24.5 Å². The normalized spacial score (nSPS) is 29.3. The van der Waals surface area contributed by atoms with Gasteiger partial charge in [-0.15, -0.1) is 5.10 Å². The zero-order valence-corrected chi connectivity index (χ0v) is 10.9. The fourth-order valence-electron chi connectivity index (χ4n) is 2.46. The Hall–Kier alpha value is -2.04. The number of halogens is 1. The Balaban J connectivity index is 2.01. The van der Waals surface area contributed by atoms with Crippen molar-refractivity contribution in [3.63, 3.8) is 0 Å². The number of aliphatic hydroxyl groups excluding tert-OH is 2. The lowest BCUT2D eigenvalue weighted by atomic mass is 10.1. The average molecular weight is 298 g/mol. The molecule has 0 aliphatic carbocycles. The van der Waals surface area contributed by atoms with Crippen molar-refractivity contribution in [3.8, 4) is 0 Å². The van der Waals surface area contributed by atoms with Crippen molar-refractivity contribution < 1.29 is 19.3 Å². The van der Waals surface area contributed by atoms with Crippen LogP contribution in [-0.2, 0) is 4.74 Å². The highest BCUT2D eigenvalue weighted by Gasteiger charge is 2.46. The van der Waals surface area contributed by atoms with E-state index in [0.717, 1.165) is 0 Å². The zero-order valence-electron chi connectivity index (χ0n) is 10.9. The molecule has 0 unspecified atom stereocenters. The van der Waals surface area contributed by atoms with Gasteiger partial charge < -0.3 is 26.4 Å². The molecule has 1 fully saturated rings. The first-order valence-electron chi connectivity index (χ1n) is 6.38. The van der Waals surface area contributed by atoms with Crippen LogP contribution in [0.25, 0.3) is 5.65 Å². The minimum absolute atomic E-state index is 0.0645. The molecule has 21 heavy (non-hydrogen) atoms. The van der Waals surface area contributed by atoms with Crippen molar-refractivity contribution in [2.75, 3.05) is 18.1 Å². The van der Waals surface area contributed by atoms with Gasteiger partial charge in [0.05, 0.1) is 18.0 Å². The van der Waals surface area contributed by atoms with Gasteiger partial charge in [-0.2, -0.15) is 4.98 Å². The van der Waals surface area contributed by atoms with Gasteiger partial charge in [-0.3, -0.25) is 0 Å². The maximum atomic E-state index is 14.2. The second kappa shape index (κ2) is 5.06. The number of nitrogen functional groups attached to an aromatic ring is 2. The van der Waals surface area contributed by atoms with Gasteiger partial charge in [-0.05, 0) is 6.42 Å². The number of aromatic nitrogens is 4. The first-order valence-corrected chi connectivity index (χ1v) is 6.38. The van der Waals surface area contributed by atoms with Crippen molar-refractivity contribution in [1.82, 2.24) is 19.6 Å². The Labute approximate surface area is 118 Å². The Kier molecular flexibility index (Phi) is 3.35. The summed E-state index contributed by atoms with van der Waals surface area (Å²) in [7, 11) is 0. The quantitative estimate of drug-likeness (QED) is 0.553. The number of hydrogen-bond acceptors (Lipinski definition) is 8. The molecule has 0 spiro atoms. The predicted molar refractivity (Wildman–Crippen MR) is 69.8 cm³/mol. The van der Waals surface area contributed by atoms with E-state index in [-0.39, 0.29) is 36.1 Å². The van der Waals surface area contributed by atoms with Crippen LogP contribution in [0.2, 0.25) is 0 Å². The number of fused-ring (bicyclic) bond motifs is 1. The number of ether oxygens (including phenoxy) is 1. The topological polar surface area (TPSA) is 145 Å². The predicted octanol–water partition coefficient (Wildman–Crippen LogP) is -1.19. The van der Waals surface area contributed by atoms with Gasteiger partial charge >= 0.3 is 0 Å². The standard InChI is InChI=1S/C11H15FN6O3/c12-6-7(20)5(1-2-19)21-8(6)4-3-15-10-9(13)16-11(14)17-18(4)10/h3,5-8,19-20H,1-2H2,(H4,13,14,16,17)/t5-,6-,7-,8+/m1/s1. The maximum Gasteiger partial charge on any atom is 0.240 e. The van der Waals surface area contributed by atoms with E-state index in [9.17, 15) is 9.50 Å². The molecule has 1 saturated heterocycles. The van der Waals surface area contributed by atoms with Gasteiger partial charge in [0, 0.05) is 6.61 Å². The van der Waals surface area contributed by atoms with Crippen LogP contribution in [0.5, 0.6) is 0 Å². The third kappa shape index (κ3) is 2.17. The van der Waals surface area contributed by atoms with E-state index in [1.807, 2.05) is 0 Å². The molecule has 4 atom stereocenters. The Morgan fingerprint density at radius 2 is 2.19 bits per heavy atom. The van der Waals surface area contributed by atoms with Crippen LogP contribution in [-0.4, -0.2) is 54.8 Å². The third-order valence-electron chi connectivity index (χ3n) is 3.45. The number of hydrogen-bond donors (Lipinski definition) is 4. The van der Waals surface area contributed by atoms with Crippen molar-refractivity contribution in [3.05, 3.63) is 11.9 Å². The average Bonchev–Trinajstić information content (AvgIpc) is 2.96. The fraction of sp³-hybridized carbons (Fsp3) is 0.545. The molecule has 114 valence electrons. The van der Waals surface area contributed by atoms with E-state index in [0.29, 0.717) is 0 Å². The molecule has 0 amide bonds. The van der Waals surface area contributed by atoms with Crippen molar-refractivity contribution >= 4 is 17.4 Å². The molecule has 0 saturated carbocycles. The largest absolute Gasteiger partial charge is 0.396 e. The zero-order chi connectivity index (χ0) is 15.1. The monoisotopic (exact) mass is 298 g/mol. The summed E-state index contributed by atoms with van der Waals surface area (Å²) < 4.78 is 21.0. The van der Waals surface area contributed by atoms with Crippen LogP contribution in [0.3, 0.4) is 0 Å². The number of nitrogens with two attached hydrogens (primary N) is 2. The van der Waals surface area contributed by atoms with E-state index in [1.165, 1.54) is 10.7 Å². The summed E-state index contributed by atoms with van der Waals surface area (Å²) in [5.74, 6) is -0.0188. The molecule has 1 aliphatic rings. The molecule has 0 aromatic carbocycles. The third-order valence-corrected chi connectivity index (χ3v) is 3.45. The van der Waals surface area contributed by atoms with Crippen LogP contribution in [0.15, 0.2) is 6.20 Å². The molecule has 0 radical (unpaired) electrons. The lowest BCUT2D eigenvalue weighted by molar-refractivity contribution is -0.00588. The summed E-state index contributed by atoms with van der Waals surface area (Å²) in [6, 6.07) is 0. The fourth-order valence-corrected chi connectivity index (χ4v) is 2.46. The highest BCUT2D eigenvalue weighted by molar-refractivity contribution is 5.60. The lowest BCUT2D eigenvalue weighted by Gasteiger charge is -2.12. The summed E-state index contributed by atoms with van der Waals surface area (Å²) in [6.45, 7) is -0.212. The van der Waals surface area contributed by atoms with Crippen LogP contribution >= 0.6 is 0 Å². The number of aliphatic hydroxyl groups is 2. The highest BCUT2D eigenvalue weighted by Crippen LogP contribution is 2.37. The molecular weight excluding hydrogens is 283 g/mol. The van der Waals surface area contributed by atoms with Crippen LogP contribution in [0.4, 0.5) is 16.2 Å². The minimum Gasteiger partial charge on any atom is -0.396 e. The molecule has 3 heterocycles. The van der Waals surface area contributed by atoms with Crippen molar-refractivity contribution in [1.29, 1.82) is 0 Å². The molecule has 9 nitrogen and oxygen atoms in total. The number of anilines is 2. The number of rotatable bonds is 3. The van der Waals surface area contributed by atoms with E-state index in [2.05, 4.69) is 15.1 Å². The van der Waals surface area contributed by atoms with Crippen LogP contribution in [0.1, 0.15) is 18.2 Å². The van der Waals surface area contributed by atoms with Gasteiger partial charge in [-0.25, -0.2) is 13.9 Å². The van der Waals surface area contributed by atoms with Gasteiger partial charge in [0.1, 0.15) is 12.2 Å². The summed E-state index contributed by atoms with van der Waals surface area (Å²) in [4.78, 5) is 7.78. The molecule has 2 aromatic rings. The number of alkyl halides is 1. The second-order valence-corrected chi connectivity index (χ2v) is 4.82. The van der Waals surface area contributed by atoms with Gasteiger partial charge in [-0.1, -0.05) is 0 Å². The Bertz CT molecular complexity index is 665. The summed E-state index contributed by atoms with van der Waals surface area (Å²) in [5, 5.41) is 22.7. The van der Waals surface area contributed by atoms with Crippen LogP contribution < -0.4 is 11.5 Å². The Morgan fingerprint density at radius 3 is 2.90 bits per heavy atom. The maximum absolute atomic E-state index is 14.2. The summed E-state index contributed by atoms with van der Waals surface area (Å²) >= 11 is 0. The molecular formula is C11H15FN6O3. The SMILES string of the molecule is Nc1nc(N)c2ncc([C@@H]3O[C@H](CCO)[C@@H](O)[C@H]3F)n2n1. The van der Waals surface area contributed by atoms with Crippen molar-refractivity contribution in [2.24, 2.45) is 0 Å². The Morgan fingerprint density at radius 1 is 1.43 bits per heavy atom. The van der Waals surface area contributed by atoms with Crippen LogP contribution in [0, 0.1) is 0 Å². The van der Waals surface area contributed by atoms with E-state index in [4.69, 9.17) is 21.3 Å². The molecule has 2 aromatic heterocycles. The number of nitrogens with zero attached hydrogens (tertiary/aromatic N) is 4. The molecule has 1 aliphatic heterocycles. The minimum atomic E-state index is -1.67. The molecule has 10 heteroatoms. The van der Waals surface area contributed by atoms with Gasteiger partial charge in [0.15, 0.2) is 17.6 Å². The van der Waals surface area contributed by atoms with E-state index >= 15 is 0 Å².